The maximum absolute atomic E-state index is 13.7. The van der Waals surface area contributed by atoms with Crippen molar-refractivity contribution in [2.75, 3.05) is 16.8 Å². The van der Waals surface area contributed by atoms with E-state index in [-0.39, 0.29) is 18.2 Å². The molecule has 2 amide bonds. The molecule has 144 valence electrons. The second-order valence-electron chi connectivity index (χ2n) is 7.15. The summed E-state index contributed by atoms with van der Waals surface area (Å²) in [6, 6.07) is 14.8. The maximum atomic E-state index is 13.7. The van der Waals surface area contributed by atoms with E-state index in [1.54, 1.807) is 34.0 Å². The standard InChI is InChI=1S/C22H17ClN4O2/c1-2-10-26-18-9-4-3-8-16(18)22(21(26)29)12-19(28)25-20-17(22)13-24-27(20)15-7-5-6-14(23)11-15/h2-9,11,13H,1,10,12H2,(H,25,28)/t22-/m0/s1. The van der Waals surface area contributed by atoms with Crippen LogP contribution in [0.3, 0.4) is 0 Å². The number of benzene rings is 2. The molecule has 3 aromatic rings. The van der Waals surface area contributed by atoms with E-state index in [9.17, 15) is 9.59 Å². The highest BCUT2D eigenvalue weighted by atomic mass is 35.5. The van der Waals surface area contributed by atoms with Gasteiger partial charge in [0, 0.05) is 29.2 Å². The molecule has 1 spiro atoms. The monoisotopic (exact) mass is 404 g/mol. The van der Waals surface area contributed by atoms with E-state index in [1.807, 2.05) is 36.4 Å². The number of para-hydroxylation sites is 1. The van der Waals surface area contributed by atoms with Crippen LogP contribution in [0.4, 0.5) is 11.5 Å². The largest absolute Gasteiger partial charge is 0.310 e. The molecule has 5 rings (SSSR count). The van der Waals surface area contributed by atoms with E-state index < -0.39 is 5.41 Å². The second-order valence-corrected chi connectivity index (χ2v) is 7.59. The lowest BCUT2D eigenvalue weighted by Crippen LogP contribution is -2.46. The SMILES string of the molecule is C=CCN1C(=O)[C@@]2(CC(=O)Nc3c2cnn3-c2cccc(Cl)c2)c2ccccc21. The van der Waals surface area contributed by atoms with Gasteiger partial charge in [0.15, 0.2) is 0 Å². The van der Waals surface area contributed by atoms with Gasteiger partial charge in [0.1, 0.15) is 11.2 Å². The number of halogens is 1. The Balaban J connectivity index is 1.76. The van der Waals surface area contributed by atoms with Crippen LogP contribution in [0.2, 0.25) is 5.02 Å². The van der Waals surface area contributed by atoms with E-state index in [0.717, 1.165) is 11.3 Å². The second kappa shape index (κ2) is 6.32. The fraction of sp³-hybridized carbons (Fsp3) is 0.136. The van der Waals surface area contributed by atoms with Gasteiger partial charge >= 0.3 is 0 Å². The van der Waals surface area contributed by atoms with Gasteiger partial charge in [0.2, 0.25) is 11.8 Å². The van der Waals surface area contributed by atoms with Crippen LogP contribution in [-0.4, -0.2) is 28.1 Å². The van der Waals surface area contributed by atoms with Crippen molar-refractivity contribution in [3.63, 3.8) is 0 Å². The number of amides is 2. The molecule has 6 nitrogen and oxygen atoms in total. The van der Waals surface area contributed by atoms with Crippen LogP contribution in [0.1, 0.15) is 17.5 Å². The number of rotatable bonds is 3. The molecular weight excluding hydrogens is 388 g/mol. The summed E-state index contributed by atoms with van der Waals surface area (Å²) in [7, 11) is 0. The zero-order valence-corrected chi connectivity index (χ0v) is 16.2. The summed E-state index contributed by atoms with van der Waals surface area (Å²) in [5.41, 5.74) is 1.90. The molecule has 0 bridgehead atoms. The third kappa shape index (κ3) is 2.39. The van der Waals surface area contributed by atoms with Gasteiger partial charge in [-0.2, -0.15) is 5.10 Å². The molecule has 3 heterocycles. The van der Waals surface area contributed by atoms with E-state index in [2.05, 4.69) is 17.0 Å². The highest BCUT2D eigenvalue weighted by Crippen LogP contribution is 2.52. The highest BCUT2D eigenvalue weighted by molar-refractivity contribution is 6.30. The minimum Gasteiger partial charge on any atom is -0.310 e. The Hall–Kier alpha value is -3.38. The van der Waals surface area contributed by atoms with Crippen molar-refractivity contribution < 1.29 is 9.59 Å². The number of carbonyl (C=O) groups excluding carboxylic acids is 2. The van der Waals surface area contributed by atoms with Crippen molar-refractivity contribution in [1.29, 1.82) is 0 Å². The molecule has 0 unspecified atom stereocenters. The van der Waals surface area contributed by atoms with Gasteiger partial charge in [-0.15, -0.1) is 6.58 Å². The number of anilines is 2. The Labute approximate surface area is 172 Å². The highest BCUT2D eigenvalue weighted by Gasteiger charge is 2.56. The Morgan fingerprint density at radius 1 is 1.17 bits per heavy atom. The van der Waals surface area contributed by atoms with Gasteiger partial charge in [-0.05, 0) is 29.8 Å². The van der Waals surface area contributed by atoms with Crippen molar-refractivity contribution in [3.05, 3.63) is 83.5 Å². The number of hydrogen-bond acceptors (Lipinski definition) is 3. The average molecular weight is 405 g/mol. The lowest BCUT2D eigenvalue weighted by atomic mass is 9.72. The molecule has 0 aliphatic carbocycles. The summed E-state index contributed by atoms with van der Waals surface area (Å²) < 4.78 is 1.62. The topological polar surface area (TPSA) is 67.2 Å². The van der Waals surface area contributed by atoms with Gasteiger partial charge in [-0.1, -0.05) is 41.9 Å². The lowest BCUT2D eigenvalue weighted by molar-refractivity contribution is -0.126. The number of carbonyl (C=O) groups is 2. The fourth-order valence-corrected chi connectivity index (χ4v) is 4.55. The van der Waals surface area contributed by atoms with Crippen molar-refractivity contribution in [2.45, 2.75) is 11.8 Å². The summed E-state index contributed by atoms with van der Waals surface area (Å²) in [6.07, 6.45) is 3.39. The summed E-state index contributed by atoms with van der Waals surface area (Å²) in [5.74, 6) is 0.123. The van der Waals surface area contributed by atoms with Gasteiger partial charge in [-0.3, -0.25) is 9.59 Å². The third-order valence-electron chi connectivity index (χ3n) is 5.54. The van der Waals surface area contributed by atoms with Crippen LogP contribution in [0.5, 0.6) is 0 Å². The predicted octanol–water partition coefficient (Wildman–Crippen LogP) is 3.69. The maximum Gasteiger partial charge on any atom is 0.243 e. The molecule has 0 radical (unpaired) electrons. The molecule has 2 aromatic carbocycles. The zero-order valence-electron chi connectivity index (χ0n) is 15.4. The van der Waals surface area contributed by atoms with E-state index in [1.165, 1.54) is 0 Å². The molecule has 1 aromatic heterocycles. The first-order valence-electron chi connectivity index (χ1n) is 9.23. The first-order valence-corrected chi connectivity index (χ1v) is 9.61. The van der Waals surface area contributed by atoms with Crippen molar-refractivity contribution in [1.82, 2.24) is 9.78 Å². The molecule has 0 fully saturated rings. The fourth-order valence-electron chi connectivity index (χ4n) is 4.36. The summed E-state index contributed by atoms with van der Waals surface area (Å²) in [6.45, 7) is 4.15. The van der Waals surface area contributed by atoms with Crippen LogP contribution in [0, 0.1) is 0 Å². The minimum absolute atomic E-state index is 0.0325. The molecule has 2 aliphatic rings. The quantitative estimate of drug-likeness (QED) is 0.677. The predicted molar refractivity (Wildman–Crippen MR) is 112 cm³/mol. The molecular formula is C22H17ClN4O2. The first-order chi connectivity index (χ1) is 14.1. The Kier molecular flexibility index (Phi) is 3.86. The van der Waals surface area contributed by atoms with Crippen LogP contribution < -0.4 is 10.2 Å². The Morgan fingerprint density at radius 3 is 2.79 bits per heavy atom. The lowest BCUT2D eigenvalue weighted by Gasteiger charge is -2.32. The summed E-state index contributed by atoms with van der Waals surface area (Å²) >= 11 is 6.14. The van der Waals surface area contributed by atoms with Crippen molar-refractivity contribution in [2.24, 2.45) is 0 Å². The molecule has 29 heavy (non-hydrogen) atoms. The van der Waals surface area contributed by atoms with Gasteiger partial charge in [0.05, 0.1) is 11.9 Å². The van der Waals surface area contributed by atoms with Crippen molar-refractivity contribution >= 4 is 34.9 Å². The number of nitrogens with zero attached hydrogens (tertiary/aromatic N) is 3. The van der Waals surface area contributed by atoms with E-state index in [4.69, 9.17) is 11.6 Å². The summed E-state index contributed by atoms with van der Waals surface area (Å²) in [5, 5.41) is 7.96. The number of fused-ring (bicyclic) bond motifs is 4. The average Bonchev–Trinajstić information content (AvgIpc) is 3.23. The van der Waals surface area contributed by atoms with Gasteiger partial charge in [-0.25, -0.2) is 4.68 Å². The van der Waals surface area contributed by atoms with E-state index in [0.29, 0.717) is 28.6 Å². The van der Waals surface area contributed by atoms with E-state index >= 15 is 0 Å². The number of nitrogens with one attached hydrogen (secondary N) is 1. The zero-order chi connectivity index (χ0) is 20.2. The van der Waals surface area contributed by atoms with Crippen molar-refractivity contribution in [3.8, 4) is 5.69 Å². The smallest absolute Gasteiger partial charge is 0.243 e. The van der Waals surface area contributed by atoms with Crippen LogP contribution in [0.25, 0.3) is 5.69 Å². The van der Waals surface area contributed by atoms with Gasteiger partial charge in [0.25, 0.3) is 0 Å². The first kappa shape index (κ1) is 17.7. The molecule has 1 N–H and O–H groups in total. The molecule has 7 heteroatoms. The number of hydrogen-bond donors (Lipinski definition) is 1. The van der Waals surface area contributed by atoms with Gasteiger partial charge < -0.3 is 10.2 Å². The third-order valence-corrected chi connectivity index (χ3v) is 5.78. The van der Waals surface area contributed by atoms with Crippen LogP contribution in [0.15, 0.2) is 67.4 Å². The normalized spacial score (nSPS) is 19.8. The Bertz CT molecular complexity index is 1190. The number of aromatic nitrogens is 2. The Morgan fingerprint density at radius 2 is 2.00 bits per heavy atom. The minimum atomic E-state index is -1.10. The molecule has 1 atom stereocenters. The molecule has 0 saturated carbocycles. The summed E-state index contributed by atoms with van der Waals surface area (Å²) in [4.78, 5) is 28.1. The van der Waals surface area contributed by atoms with Crippen LogP contribution in [-0.2, 0) is 15.0 Å². The molecule has 2 aliphatic heterocycles. The van der Waals surface area contributed by atoms with Crippen LogP contribution >= 0.6 is 11.6 Å². The molecule has 0 saturated heterocycles.